The van der Waals surface area contributed by atoms with E-state index in [-0.39, 0.29) is 12.6 Å². The summed E-state index contributed by atoms with van der Waals surface area (Å²) >= 11 is 12.9. The van der Waals surface area contributed by atoms with Gasteiger partial charge in [0.25, 0.3) is 0 Å². The Hall–Kier alpha value is -3.17. The molecule has 1 aliphatic carbocycles. The summed E-state index contributed by atoms with van der Waals surface area (Å²) in [6, 6.07) is 10.6. The molecule has 0 amide bonds. The normalized spacial score (nSPS) is 14.7. The van der Waals surface area contributed by atoms with Crippen LogP contribution in [-0.4, -0.2) is 25.3 Å². The fourth-order valence-corrected chi connectivity index (χ4v) is 4.89. The summed E-state index contributed by atoms with van der Waals surface area (Å²) in [4.78, 5) is 8.91. The lowest BCUT2D eigenvalue weighted by molar-refractivity contribution is -0.0426. The van der Waals surface area contributed by atoms with Crippen LogP contribution in [0.4, 0.5) is 0 Å². The first-order valence-electron chi connectivity index (χ1n) is 11.6. The quantitative estimate of drug-likeness (QED) is 0.305. The van der Waals surface area contributed by atoms with Crippen LogP contribution in [-0.2, 0) is 19.4 Å². The van der Waals surface area contributed by atoms with E-state index in [0.717, 1.165) is 29.7 Å². The van der Waals surface area contributed by atoms with Crippen LogP contribution in [0.1, 0.15) is 53.2 Å². The minimum Gasteiger partial charge on any atom is -0.458 e. The van der Waals surface area contributed by atoms with E-state index in [1.807, 2.05) is 6.07 Å². The first kappa shape index (κ1) is 23.2. The highest BCUT2D eigenvalue weighted by Gasteiger charge is 2.34. The number of rotatable bonds is 6. The highest BCUT2D eigenvalue weighted by Crippen LogP contribution is 2.46. The highest BCUT2D eigenvalue weighted by atomic mass is 35.5. The van der Waals surface area contributed by atoms with Gasteiger partial charge in [-0.3, -0.25) is 0 Å². The number of benzene rings is 2. The largest absolute Gasteiger partial charge is 0.458 e. The van der Waals surface area contributed by atoms with Gasteiger partial charge in [0.1, 0.15) is 23.8 Å². The molecule has 0 atom stereocenters. The molecule has 1 saturated carbocycles. The Labute approximate surface area is 216 Å². The molecule has 184 valence electrons. The maximum absolute atomic E-state index is 9.48. The number of aryl methyl sites for hydroxylation is 2. The SMILES string of the molecule is OC(O)c1ccc2c(c1)Oc1cnc(OCc3c(-c4c(Cl)cccc4Cl)noc3C3CC3)nc1CC2. The minimum absolute atomic E-state index is 0.143. The molecule has 3 heterocycles. The second-order valence-corrected chi connectivity index (χ2v) is 9.65. The molecule has 36 heavy (non-hydrogen) atoms. The molecule has 6 rings (SSSR count). The molecule has 1 fully saturated rings. The van der Waals surface area contributed by atoms with Crippen LogP contribution in [0.3, 0.4) is 0 Å². The Bertz CT molecular complexity index is 1430. The van der Waals surface area contributed by atoms with Crippen molar-refractivity contribution in [3.05, 3.63) is 80.8 Å². The van der Waals surface area contributed by atoms with Crippen molar-refractivity contribution in [1.82, 2.24) is 15.1 Å². The molecule has 2 N–H and O–H groups in total. The van der Waals surface area contributed by atoms with E-state index >= 15 is 0 Å². The van der Waals surface area contributed by atoms with Crippen LogP contribution in [0, 0.1) is 0 Å². The Morgan fingerprint density at radius 2 is 1.86 bits per heavy atom. The third kappa shape index (κ3) is 4.41. The van der Waals surface area contributed by atoms with Crippen LogP contribution >= 0.6 is 23.2 Å². The van der Waals surface area contributed by atoms with E-state index in [1.54, 1.807) is 36.5 Å². The van der Waals surface area contributed by atoms with Crippen LogP contribution < -0.4 is 9.47 Å². The van der Waals surface area contributed by atoms with Crippen molar-refractivity contribution in [2.75, 3.05) is 0 Å². The molecule has 2 aromatic carbocycles. The van der Waals surface area contributed by atoms with Gasteiger partial charge in [-0.25, -0.2) is 0 Å². The van der Waals surface area contributed by atoms with Crippen molar-refractivity contribution < 1.29 is 24.2 Å². The van der Waals surface area contributed by atoms with Crippen molar-refractivity contribution in [2.24, 2.45) is 0 Å². The van der Waals surface area contributed by atoms with Crippen molar-refractivity contribution >= 4 is 23.2 Å². The maximum Gasteiger partial charge on any atom is 0.317 e. The summed E-state index contributed by atoms with van der Waals surface area (Å²) in [5.41, 5.74) is 3.95. The van der Waals surface area contributed by atoms with Gasteiger partial charge in [0, 0.05) is 17.0 Å². The fraction of sp³-hybridized carbons (Fsp3) is 0.269. The average Bonchev–Trinajstić information content (AvgIpc) is 3.65. The predicted molar refractivity (Wildman–Crippen MR) is 131 cm³/mol. The maximum atomic E-state index is 9.48. The summed E-state index contributed by atoms with van der Waals surface area (Å²) in [5.74, 6) is 2.12. The van der Waals surface area contributed by atoms with Gasteiger partial charge in [-0.1, -0.05) is 46.6 Å². The van der Waals surface area contributed by atoms with E-state index in [0.29, 0.717) is 62.8 Å². The zero-order chi connectivity index (χ0) is 24.8. The second kappa shape index (κ2) is 9.37. The van der Waals surface area contributed by atoms with Crippen molar-refractivity contribution in [1.29, 1.82) is 0 Å². The number of aromatic nitrogens is 3. The topological polar surface area (TPSA) is 111 Å². The van der Waals surface area contributed by atoms with Gasteiger partial charge in [0.15, 0.2) is 12.0 Å². The number of ether oxygens (including phenoxy) is 2. The standard InChI is InChI=1S/C26H21Cl2N3O5/c27-17-2-1-3-18(28)22(17)23-16(24(36-31-23)14-5-6-14)12-34-26-29-11-21-19(30-26)9-8-13-4-7-15(25(32)33)10-20(13)35-21/h1-4,7,10-11,14,25,32-33H,5-6,8-9,12H2. The average molecular weight is 526 g/mol. The van der Waals surface area contributed by atoms with Gasteiger partial charge in [0.05, 0.1) is 27.5 Å². The number of hydrogen-bond acceptors (Lipinski definition) is 8. The van der Waals surface area contributed by atoms with Gasteiger partial charge < -0.3 is 24.2 Å². The third-order valence-electron chi connectivity index (χ3n) is 6.36. The zero-order valence-corrected chi connectivity index (χ0v) is 20.5. The number of aliphatic hydroxyl groups excluding tert-OH is 1. The van der Waals surface area contributed by atoms with E-state index in [4.69, 9.17) is 37.2 Å². The lowest BCUT2D eigenvalue weighted by atomic mass is 10.0. The summed E-state index contributed by atoms with van der Waals surface area (Å²) in [5, 5.41) is 24.2. The molecular weight excluding hydrogens is 505 g/mol. The molecule has 2 aromatic heterocycles. The monoisotopic (exact) mass is 525 g/mol. The predicted octanol–water partition coefficient (Wildman–Crippen LogP) is 5.77. The molecule has 0 radical (unpaired) electrons. The van der Waals surface area contributed by atoms with E-state index in [2.05, 4.69) is 15.1 Å². The highest BCUT2D eigenvalue weighted by molar-refractivity contribution is 6.39. The lowest BCUT2D eigenvalue weighted by Gasteiger charge is -2.12. The van der Waals surface area contributed by atoms with Crippen LogP contribution in [0.2, 0.25) is 10.0 Å². The molecule has 2 aliphatic rings. The molecular formula is C26H21Cl2N3O5. The Morgan fingerprint density at radius 1 is 1.06 bits per heavy atom. The number of hydrogen-bond donors (Lipinski definition) is 2. The molecule has 4 aromatic rings. The van der Waals surface area contributed by atoms with E-state index < -0.39 is 6.29 Å². The third-order valence-corrected chi connectivity index (χ3v) is 6.99. The number of fused-ring (bicyclic) bond motifs is 2. The van der Waals surface area contributed by atoms with Gasteiger partial charge in [-0.05, 0) is 49.4 Å². The van der Waals surface area contributed by atoms with Crippen molar-refractivity contribution in [3.63, 3.8) is 0 Å². The molecule has 10 heteroatoms. The summed E-state index contributed by atoms with van der Waals surface area (Å²) < 4.78 is 17.7. The first-order chi connectivity index (χ1) is 17.5. The molecule has 1 aliphatic heterocycles. The van der Waals surface area contributed by atoms with Gasteiger partial charge in [-0.15, -0.1) is 0 Å². The summed E-state index contributed by atoms with van der Waals surface area (Å²) in [7, 11) is 0. The first-order valence-corrected chi connectivity index (χ1v) is 12.3. The number of halogens is 2. The zero-order valence-electron chi connectivity index (χ0n) is 18.9. The summed E-state index contributed by atoms with van der Waals surface area (Å²) in [6.07, 6.45) is 3.34. The molecule has 0 spiro atoms. The summed E-state index contributed by atoms with van der Waals surface area (Å²) in [6.45, 7) is 0.143. The lowest BCUT2D eigenvalue weighted by Crippen LogP contribution is -2.04. The second-order valence-electron chi connectivity index (χ2n) is 8.84. The van der Waals surface area contributed by atoms with Gasteiger partial charge >= 0.3 is 6.01 Å². The van der Waals surface area contributed by atoms with Gasteiger partial charge in [-0.2, -0.15) is 9.97 Å². The fourth-order valence-electron chi connectivity index (χ4n) is 4.31. The van der Waals surface area contributed by atoms with Gasteiger partial charge in [0.2, 0.25) is 0 Å². The number of aliphatic hydroxyl groups is 2. The van der Waals surface area contributed by atoms with Crippen LogP contribution in [0.5, 0.6) is 17.5 Å². The molecule has 0 saturated heterocycles. The Morgan fingerprint density at radius 3 is 2.61 bits per heavy atom. The van der Waals surface area contributed by atoms with Crippen molar-refractivity contribution in [2.45, 2.75) is 44.5 Å². The minimum atomic E-state index is -1.57. The van der Waals surface area contributed by atoms with E-state index in [1.165, 1.54) is 0 Å². The van der Waals surface area contributed by atoms with Crippen LogP contribution in [0.25, 0.3) is 11.3 Å². The van der Waals surface area contributed by atoms with Crippen LogP contribution in [0.15, 0.2) is 47.1 Å². The number of nitrogens with zero attached hydrogens (tertiary/aromatic N) is 3. The Balaban J connectivity index is 1.26. The molecule has 0 bridgehead atoms. The van der Waals surface area contributed by atoms with E-state index in [9.17, 15) is 10.2 Å². The Kier molecular flexibility index (Phi) is 6.05. The molecule has 0 unspecified atom stereocenters. The van der Waals surface area contributed by atoms with Crippen molar-refractivity contribution in [3.8, 4) is 28.8 Å². The molecule has 8 nitrogen and oxygen atoms in total. The smallest absolute Gasteiger partial charge is 0.317 e.